The Kier molecular flexibility index (Phi) is 11.5. The lowest BCUT2D eigenvalue weighted by atomic mass is 10.0. The number of ether oxygens (including phenoxy) is 2. The van der Waals surface area contributed by atoms with Crippen LogP contribution in [0.25, 0.3) is 0 Å². The van der Waals surface area contributed by atoms with Crippen molar-refractivity contribution in [1.29, 1.82) is 0 Å². The van der Waals surface area contributed by atoms with Crippen molar-refractivity contribution < 1.29 is 33.4 Å². The van der Waals surface area contributed by atoms with E-state index in [4.69, 9.17) is 15.2 Å². The second-order valence-corrected chi connectivity index (χ2v) is 9.89. The third-order valence-corrected chi connectivity index (χ3v) is 5.41. The fraction of sp³-hybridized carbons (Fsp3) is 0.393. The van der Waals surface area contributed by atoms with Crippen LogP contribution in [0.15, 0.2) is 60.7 Å². The molecule has 0 aliphatic rings. The minimum Gasteiger partial charge on any atom is -0.467 e. The number of nitrogens with two attached hydrogens (primary N) is 1. The summed E-state index contributed by atoms with van der Waals surface area (Å²) in [6.45, 7) is 4.93. The molecular formula is C28H36N4O7. The number of methoxy groups -OCH3 is 1. The van der Waals surface area contributed by atoms with Crippen molar-refractivity contribution in [2.24, 2.45) is 5.73 Å². The topological polar surface area (TPSA) is 166 Å². The number of nitrogens with one attached hydrogen (secondary N) is 3. The number of hydrogen-bond donors (Lipinski definition) is 4. The van der Waals surface area contributed by atoms with Crippen LogP contribution in [0.4, 0.5) is 4.79 Å². The molecule has 2 rings (SSSR count). The lowest BCUT2D eigenvalue weighted by Gasteiger charge is -2.26. The number of carbonyl (C=O) groups excluding carboxylic acids is 5. The Labute approximate surface area is 227 Å². The van der Waals surface area contributed by atoms with Crippen LogP contribution in [0.2, 0.25) is 0 Å². The van der Waals surface area contributed by atoms with Crippen LogP contribution in [0.1, 0.15) is 38.3 Å². The van der Waals surface area contributed by atoms with Crippen molar-refractivity contribution in [2.45, 2.75) is 63.8 Å². The summed E-state index contributed by atoms with van der Waals surface area (Å²) in [4.78, 5) is 63.0. The van der Waals surface area contributed by atoms with Crippen LogP contribution in [0.3, 0.4) is 0 Å². The molecule has 0 bridgehead atoms. The second kappa shape index (κ2) is 14.5. The first-order valence-corrected chi connectivity index (χ1v) is 12.4. The molecule has 39 heavy (non-hydrogen) atoms. The van der Waals surface area contributed by atoms with Gasteiger partial charge in [-0.15, -0.1) is 0 Å². The normalized spacial score (nSPS) is 13.2. The molecule has 0 heterocycles. The van der Waals surface area contributed by atoms with E-state index in [-0.39, 0.29) is 12.8 Å². The summed E-state index contributed by atoms with van der Waals surface area (Å²) in [6.07, 6.45) is -1.23. The Morgan fingerprint density at radius 3 is 1.67 bits per heavy atom. The van der Waals surface area contributed by atoms with E-state index in [2.05, 4.69) is 16.0 Å². The first-order valence-electron chi connectivity index (χ1n) is 12.4. The Bertz CT molecular complexity index is 1130. The molecule has 0 radical (unpaired) electrons. The first kappa shape index (κ1) is 30.8. The second-order valence-electron chi connectivity index (χ2n) is 9.89. The molecule has 0 aliphatic heterocycles. The van der Waals surface area contributed by atoms with Crippen molar-refractivity contribution in [1.82, 2.24) is 16.0 Å². The third kappa shape index (κ3) is 11.2. The highest BCUT2D eigenvalue weighted by molar-refractivity contribution is 5.95. The molecule has 2 aromatic rings. The highest BCUT2D eigenvalue weighted by atomic mass is 16.6. The predicted octanol–water partition coefficient (Wildman–Crippen LogP) is 1.38. The van der Waals surface area contributed by atoms with Gasteiger partial charge in [-0.05, 0) is 31.9 Å². The van der Waals surface area contributed by atoms with Gasteiger partial charge in [-0.2, -0.15) is 0 Å². The van der Waals surface area contributed by atoms with Gasteiger partial charge in [0.05, 0.1) is 13.5 Å². The first-order chi connectivity index (χ1) is 18.4. The minimum absolute atomic E-state index is 0.0629. The van der Waals surface area contributed by atoms with Crippen molar-refractivity contribution >= 4 is 29.8 Å². The van der Waals surface area contributed by atoms with Crippen LogP contribution < -0.4 is 21.7 Å². The Hall–Kier alpha value is -4.41. The van der Waals surface area contributed by atoms with Gasteiger partial charge < -0.3 is 31.2 Å². The van der Waals surface area contributed by atoms with Crippen molar-refractivity contribution in [3.63, 3.8) is 0 Å². The van der Waals surface area contributed by atoms with Gasteiger partial charge in [-0.3, -0.25) is 14.4 Å². The van der Waals surface area contributed by atoms with Crippen molar-refractivity contribution in [3.05, 3.63) is 71.8 Å². The SMILES string of the molecule is COC(=O)[C@H](Cc1ccccc1)NC(=O)[C@H](Cc1ccccc1)NC(=O)[C@@H](CC(N)=O)NC(=O)OC(C)(C)C. The van der Waals surface area contributed by atoms with E-state index in [0.29, 0.717) is 0 Å². The number of amides is 4. The molecule has 11 nitrogen and oxygen atoms in total. The van der Waals surface area contributed by atoms with Gasteiger partial charge in [0.15, 0.2) is 0 Å². The van der Waals surface area contributed by atoms with Crippen LogP contribution >= 0.6 is 0 Å². The fourth-order valence-corrected chi connectivity index (χ4v) is 3.65. The quantitative estimate of drug-likeness (QED) is 0.295. The van der Waals surface area contributed by atoms with Gasteiger partial charge >= 0.3 is 12.1 Å². The van der Waals surface area contributed by atoms with Crippen LogP contribution in [0.5, 0.6) is 0 Å². The van der Waals surface area contributed by atoms with Gasteiger partial charge in [0.1, 0.15) is 23.7 Å². The van der Waals surface area contributed by atoms with E-state index in [0.717, 1.165) is 11.1 Å². The Balaban J connectivity index is 2.27. The molecule has 0 fully saturated rings. The molecule has 0 spiro atoms. The fourth-order valence-electron chi connectivity index (χ4n) is 3.65. The summed E-state index contributed by atoms with van der Waals surface area (Å²) < 4.78 is 10.1. The smallest absolute Gasteiger partial charge is 0.408 e. The lowest BCUT2D eigenvalue weighted by molar-refractivity contribution is -0.145. The number of rotatable bonds is 12. The number of carbonyl (C=O) groups is 5. The van der Waals surface area contributed by atoms with Crippen molar-refractivity contribution in [3.8, 4) is 0 Å². The van der Waals surface area contributed by atoms with Crippen LogP contribution in [-0.4, -0.2) is 60.6 Å². The van der Waals surface area contributed by atoms with E-state index < -0.39 is 59.9 Å². The average Bonchev–Trinajstić information content (AvgIpc) is 2.86. The summed E-state index contributed by atoms with van der Waals surface area (Å²) in [7, 11) is 1.21. The maximum absolute atomic E-state index is 13.4. The maximum Gasteiger partial charge on any atom is 0.408 e. The highest BCUT2D eigenvalue weighted by Gasteiger charge is 2.32. The Morgan fingerprint density at radius 1 is 0.744 bits per heavy atom. The monoisotopic (exact) mass is 540 g/mol. The summed E-state index contributed by atoms with van der Waals surface area (Å²) in [6, 6.07) is 14.4. The number of alkyl carbamates (subject to hydrolysis) is 1. The molecule has 0 saturated heterocycles. The van der Waals surface area contributed by atoms with Gasteiger partial charge in [-0.1, -0.05) is 60.7 Å². The summed E-state index contributed by atoms with van der Waals surface area (Å²) >= 11 is 0. The van der Waals surface area contributed by atoms with Gasteiger partial charge in [-0.25, -0.2) is 9.59 Å². The molecule has 3 atom stereocenters. The molecule has 0 aliphatic carbocycles. The summed E-state index contributed by atoms with van der Waals surface area (Å²) in [5.41, 5.74) is 5.96. The molecule has 0 saturated carbocycles. The molecular weight excluding hydrogens is 504 g/mol. The predicted molar refractivity (Wildman–Crippen MR) is 143 cm³/mol. The summed E-state index contributed by atoms with van der Waals surface area (Å²) in [5, 5.41) is 7.58. The molecule has 0 aromatic heterocycles. The average molecular weight is 541 g/mol. The van der Waals surface area contributed by atoms with Gasteiger partial charge in [0, 0.05) is 12.8 Å². The van der Waals surface area contributed by atoms with E-state index >= 15 is 0 Å². The standard InChI is InChI=1S/C28H36N4O7/c1-28(2,3)39-27(37)32-21(17-23(29)33)25(35)30-20(15-18-11-7-5-8-12-18)24(34)31-22(26(36)38-4)16-19-13-9-6-10-14-19/h5-14,20-22H,15-17H2,1-4H3,(H2,29,33)(H,30,35)(H,31,34)(H,32,37)/t20-,21+,22-/m0/s1. The zero-order chi connectivity index (χ0) is 29.0. The van der Waals surface area contributed by atoms with E-state index in [9.17, 15) is 24.0 Å². The zero-order valence-electron chi connectivity index (χ0n) is 22.6. The van der Waals surface area contributed by atoms with E-state index in [1.54, 1.807) is 63.2 Å². The number of benzene rings is 2. The molecule has 4 amide bonds. The Morgan fingerprint density at radius 2 is 1.21 bits per heavy atom. The largest absolute Gasteiger partial charge is 0.467 e. The zero-order valence-corrected chi connectivity index (χ0v) is 22.6. The third-order valence-electron chi connectivity index (χ3n) is 5.41. The van der Waals surface area contributed by atoms with Crippen molar-refractivity contribution in [2.75, 3.05) is 7.11 Å². The highest BCUT2D eigenvalue weighted by Crippen LogP contribution is 2.10. The van der Waals surface area contributed by atoms with E-state index in [1.165, 1.54) is 7.11 Å². The number of primary amides is 1. The van der Waals surface area contributed by atoms with Gasteiger partial charge in [0.25, 0.3) is 0 Å². The van der Waals surface area contributed by atoms with Gasteiger partial charge in [0.2, 0.25) is 17.7 Å². The molecule has 2 aromatic carbocycles. The molecule has 5 N–H and O–H groups in total. The molecule has 210 valence electrons. The maximum atomic E-state index is 13.4. The lowest BCUT2D eigenvalue weighted by Crippen LogP contribution is -2.57. The van der Waals surface area contributed by atoms with Crippen LogP contribution in [-0.2, 0) is 41.5 Å². The van der Waals surface area contributed by atoms with E-state index in [1.807, 2.05) is 18.2 Å². The van der Waals surface area contributed by atoms with Crippen LogP contribution in [0, 0.1) is 0 Å². The molecule has 11 heteroatoms. The minimum atomic E-state index is -1.40. The number of hydrogen-bond acceptors (Lipinski definition) is 7. The summed E-state index contributed by atoms with van der Waals surface area (Å²) in [5.74, 6) is -2.99. The molecule has 0 unspecified atom stereocenters. The number of esters is 1.